The molecule has 2 N–H and O–H groups in total. The minimum Gasteiger partial charge on any atom is -0.324 e. The van der Waals surface area contributed by atoms with Crippen LogP contribution in [0.2, 0.25) is 0 Å². The van der Waals surface area contributed by atoms with Gasteiger partial charge in [-0.15, -0.1) is 12.4 Å². The molecule has 1 atom stereocenters. The second-order valence-corrected chi connectivity index (χ2v) is 4.94. The molecular formula is C14H24ClN. The average Bonchev–Trinajstić information content (AvgIpc) is 2.18. The van der Waals surface area contributed by atoms with Crippen LogP contribution >= 0.6 is 12.4 Å². The van der Waals surface area contributed by atoms with Crippen molar-refractivity contribution in [2.24, 2.45) is 11.7 Å². The van der Waals surface area contributed by atoms with Crippen molar-refractivity contribution >= 4 is 12.4 Å². The molecule has 0 bridgehead atoms. The molecule has 0 spiro atoms. The number of benzene rings is 1. The molecule has 2 heteroatoms. The molecule has 1 rings (SSSR count). The van der Waals surface area contributed by atoms with Crippen LogP contribution in [0.4, 0.5) is 0 Å². The number of hydrogen-bond donors (Lipinski definition) is 1. The maximum absolute atomic E-state index is 6.21. The first-order valence-electron chi connectivity index (χ1n) is 5.83. The second kappa shape index (κ2) is 6.93. The van der Waals surface area contributed by atoms with Crippen molar-refractivity contribution in [1.82, 2.24) is 0 Å². The highest BCUT2D eigenvalue weighted by molar-refractivity contribution is 5.85. The molecule has 0 aromatic heterocycles. The highest BCUT2D eigenvalue weighted by Gasteiger charge is 2.09. The van der Waals surface area contributed by atoms with E-state index in [9.17, 15) is 0 Å². The molecule has 0 unspecified atom stereocenters. The Morgan fingerprint density at radius 2 is 1.75 bits per heavy atom. The summed E-state index contributed by atoms with van der Waals surface area (Å²) in [6.07, 6.45) is 2.29. The molecule has 1 aromatic rings. The van der Waals surface area contributed by atoms with Gasteiger partial charge in [0.15, 0.2) is 0 Å². The third-order valence-electron chi connectivity index (χ3n) is 2.89. The molecule has 0 saturated heterocycles. The van der Waals surface area contributed by atoms with Crippen LogP contribution in [-0.4, -0.2) is 0 Å². The molecule has 0 heterocycles. The number of aryl methyl sites for hydroxylation is 2. The first kappa shape index (κ1) is 15.5. The molecular weight excluding hydrogens is 218 g/mol. The number of rotatable bonds is 4. The summed E-state index contributed by atoms with van der Waals surface area (Å²) in [6, 6.07) is 6.74. The summed E-state index contributed by atoms with van der Waals surface area (Å²) >= 11 is 0. The van der Waals surface area contributed by atoms with Crippen LogP contribution in [-0.2, 0) is 0 Å². The molecule has 0 fully saturated rings. The van der Waals surface area contributed by atoms with E-state index in [0.717, 1.165) is 12.3 Å². The Bertz CT molecular complexity index is 321. The van der Waals surface area contributed by atoms with Crippen molar-refractivity contribution in [2.45, 2.75) is 46.6 Å². The van der Waals surface area contributed by atoms with Gasteiger partial charge in [-0.2, -0.15) is 0 Å². The van der Waals surface area contributed by atoms with Crippen LogP contribution in [0, 0.1) is 19.8 Å². The van der Waals surface area contributed by atoms with Gasteiger partial charge < -0.3 is 5.73 Å². The van der Waals surface area contributed by atoms with Crippen molar-refractivity contribution in [1.29, 1.82) is 0 Å². The summed E-state index contributed by atoms with van der Waals surface area (Å²) in [5, 5.41) is 0. The third kappa shape index (κ3) is 4.54. The van der Waals surface area contributed by atoms with Gasteiger partial charge in [0.05, 0.1) is 0 Å². The molecule has 1 nitrogen and oxygen atoms in total. The zero-order valence-corrected chi connectivity index (χ0v) is 11.6. The summed E-state index contributed by atoms with van der Waals surface area (Å²) < 4.78 is 0. The van der Waals surface area contributed by atoms with E-state index in [0.29, 0.717) is 0 Å². The van der Waals surface area contributed by atoms with Crippen LogP contribution in [0.5, 0.6) is 0 Å². The number of hydrogen-bond acceptors (Lipinski definition) is 1. The van der Waals surface area contributed by atoms with Gasteiger partial charge >= 0.3 is 0 Å². The lowest BCUT2D eigenvalue weighted by Crippen LogP contribution is -2.12. The lowest BCUT2D eigenvalue weighted by Gasteiger charge is -2.16. The summed E-state index contributed by atoms with van der Waals surface area (Å²) in [5.41, 5.74) is 10.1. The monoisotopic (exact) mass is 241 g/mol. The normalized spacial score (nSPS) is 12.4. The van der Waals surface area contributed by atoms with E-state index >= 15 is 0 Å². The van der Waals surface area contributed by atoms with E-state index in [1.807, 2.05) is 0 Å². The van der Waals surface area contributed by atoms with E-state index in [2.05, 4.69) is 45.9 Å². The zero-order chi connectivity index (χ0) is 11.4. The molecule has 1 aromatic carbocycles. The van der Waals surface area contributed by atoms with E-state index in [4.69, 9.17) is 5.73 Å². The lowest BCUT2D eigenvalue weighted by atomic mass is 9.94. The van der Waals surface area contributed by atoms with Crippen LogP contribution in [0.15, 0.2) is 18.2 Å². The maximum Gasteiger partial charge on any atom is 0.0297 e. The van der Waals surface area contributed by atoms with Gasteiger partial charge in [-0.3, -0.25) is 0 Å². The predicted octanol–water partition coefficient (Wildman–Crippen LogP) is 4.16. The first-order chi connectivity index (χ1) is 7.00. The van der Waals surface area contributed by atoms with Gasteiger partial charge in [-0.1, -0.05) is 37.6 Å². The Morgan fingerprint density at radius 3 is 2.31 bits per heavy atom. The average molecular weight is 242 g/mol. The van der Waals surface area contributed by atoms with Gasteiger partial charge in [0.1, 0.15) is 0 Å². The molecule has 92 valence electrons. The largest absolute Gasteiger partial charge is 0.324 e. The molecule has 0 aliphatic rings. The highest BCUT2D eigenvalue weighted by atomic mass is 35.5. The second-order valence-electron chi connectivity index (χ2n) is 4.94. The highest BCUT2D eigenvalue weighted by Crippen LogP contribution is 2.22. The Morgan fingerprint density at radius 1 is 1.12 bits per heavy atom. The standard InChI is InChI=1S/C14H23N.ClH/c1-10(2)5-8-14(15)13-9-11(3)6-7-12(13)4;/h6-7,9-10,14H,5,8,15H2,1-4H3;1H/t14-;/m0./s1. The van der Waals surface area contributed by atoms with Crippen molar-refractivity contribution < 1.29 is 0 Å². The summed E-state index contributed by atoms with van der Waals surface area (Å²) in [4.78, 5) is 0. The van der Waals surface area contributed by atoms with E-state index < -0.39 is 0 Å². The predicted molar refractivity (Wildman–Crippen MR) is 74.2 cm³/mol. The molecule has 0 amide bonds. The molecule has 0 aliphatic carbocycles. The fourth-order valence-electron chi connectivity index (χ4n) is 1.83. The Hall–Kier alpha value is -0.530. The topological polar surface area (TPSA) is 26.0 Å². The van der Waals surface area contributed by atoms with Crippen molar-refractivity contribution in [3.05, 3.63) is 34.9 Å². The van der Waals surface area contributed by atoms with Crippen molar-refractivity contribution in [3.63, 3.8) is 0 Å². The van der Waals surface area contributed by atoms with Crippen LogP contribution in [0.3, 0.4) is 0 Å². The van der Waals surface area contributed by atoms with Gasteiger partial charge in [0.25, 0.3) is 0 Å². The fourth-order valence-corrected chi connectivity index (χ4v) is 1.83. The van der Waals surface area contributed by atoms with Crippen LogP contribution in [0.1, 0.15) is 49.4 Å². The lowest BCUT2D eigenvalue weighted by molar-refractivity contribution is 0.506. The van der Waals surface area contributed by atoms with E-state index in [1.54, 1.807) is 0 Å². The van der Waals surface area contributed by atoms with Crippen LogP contribution in [0.25, 0.3) is 0 Å². The minimum absolute atomic E-state index is 0. The molecule has 16 heavy (non-hydrogen) atoms. The smallest absolute Gasteiger partial charge is 0.0297 e. The van der Waals surface area contributed by atoms with E-state index in [-0.39, 0.29) is 18.4 Å². The molecule has 0 radical (unpaired) electrons. The summed E-state index contributed by atoms with van der Waals surface area (Å²) in [5.74, 6) is 0.737. The SMILES string of the molecule is Cc1ccc(C)c([C@@H](N)CCC(C)C)c1.Cl. The van der Waals surface area contributed by atoms with Gasteiger partial charge in [0.2, 0.25) is 0 Å². The zero-order valence-electron chi connectivity index (χ0n) is 10.8. The maximum atomic E-state index is 6.21. The summed E-state index contributed by atoms with van der Waals surface area (Å²) in [6.45, 7) is 8.76. The van der Waals surface area contributed by atoms with Gasteiger partial charge in [-0.05, 0) is 43.7 Å². The Kier molecular flexibility index (Phi) is 6.70. The third-order valence-corrected chi connectivity index (χ3v) is 2.89. The first-order valence-corrected chi connectivity index (χ1v) is 5.83. The number of halogens is 1. The Labute approximate surface area is 106 Å². The van der Waals surface area contributed by atoms with Gasteiger partial charge in [0, 0.05) is 6.04 Å². The minimum atomic E-state index is 0. The van der Waals surface area contributed by atoms with Crippen molar-refractivity contribution in [2.75, 3.05) is 0 Å². The van der Waals surface area contributed by atoms with Crippen LogP contribution < -0.4 is 5.73 Å². The van der Waals surface area contributed by atoms with Gasteiger partial charge in [-0.25, -0.2) is 0 Å². The Balaban J connectivity index is 0.00000225. The number of nitrogens with two attached hydrogens (primary N) is 1. The molecule has 0 saturated carbocycles. The fraction of sp³-hybridized carbons (Fsp3) is 0.571. The van der Waals surface area contributed by atoms with Crippen molar-refractivity contribution in [3.8, 4) is 0 Å². The summed E-state index contributed by atoms with van der Waals surface area (Å²) in [7, 11) is 0. The molecule has 0 aliphatic heterocycles. The quantitative estimate of drug-likeness (QED) is 0.842. The van der Waals surface area contributed by atoms with E-state index in [1.165, 1.54) is 23.1 Å².